The molecule has 1 saturated carbocycles. The van der Waals surface area contributed by atoms with Crippen LogP contribution in [0.1, 0.15) is 42.9 Å². The van der Waals surface area contributed by atoms with E-state index in [1.54, 1.807) is 0 Å². The Hall–Kier alpha value is -1.19. The minimum atomic E-state index is -0.180. The van der Waals surface area contributed by atoms with Gasteiger partial charge in [-0.2, -0.15) is 0 Å². The molecule has 0 saturated heterocycles. The minimum absolute atomic E-state index is 0.180. The van der Waals surface area contributed by atoms with Crippen LogP contribution in [-0.4, -0.2) is 10.5 Å². The maximum atomic E-state index is 6.85. The molecule has 2 unspecified atom stereocenters. The van der Waals surface area contributed by atoms with Crippen molar-refractivity contribution in [2.24, 2.45) is 5.73 Å². The maximum absolute atomic E-state index is 6.85. The molecule has 110 valence electrons. The van der Waals surface area contributed by atoms with E-state index in [-0.39, 0.29) is 5.54 Å². The van der Waals surface area contributed by atoms with Crippen LogP contribution in [0.3, 0.4) is 0 Å². The first kappa shape index (κ1) is 14.7. The van der Waals surface area contributed by atoms with Gasteiger partial charge in [-0.1, -0.05) is 43.2 Å². The molecule has 1 aromatic carbocycles. The van der Waals surface area contributed by atoms with E-state index in [2.05, 4.69) is 57.3 Å². The Morgan fingerprint density at radius 1 is 1.14 bits per heavy atom. The molecule has 0 spiro atoms. The molecule has 0 radical (unpaired) electrons. The van der Waals surface area contributed by atoms with Crippen LogP contribution in [0.4, 0.5) is 0 Å². The summed E-state index contributed by atoms with van der Waals surface area (Å²) >= 11 is 3.44. The van der Waals surface area contributed by atoms with Crippen molar-refractivity contribution in [3.8, 4) is 0 Å². The van der Waals surface area contributed by atoms with Crippen LogP contribution in [0.5, 0.6) is 0 Å². The fourth-order valence-corrected chi connectivity index (χ4v) is 3.74. The van der Waals surface area contributed by atoms with E-state index in [9.17, 15) is 0 Å². The summed E-state index contributed by atoms with van der Waals surface area (Å²) in [5, 5.41) is 0. The molecule has 2 N–H and O–H groups in total. The molecule has 1 aliphatic rings. The van der Waals surface area contributed by atoms with E-state index in [1.807, 2.05) is 12.3 Å². The summed E-state index contributed by atoms with van der Waals surface area (Å²) < 4.78 is 1.01. The van der Waals surface area contributed by atoms with Gasteiger partial charge in [-0.25, -0.2) is 0 Å². The van der Waals surface area contributed by atoms with Gasteiger partial charge in [-0.3, -0.25) is 4.98 Å². The number of halogens is 1. The zero-order valence-corrected chi connectivity index (χ0v) is 13.7. The predicted molar refractivity (Wildman–Crippen MR) is 90.2 cm³/mol. The molecule has 0 aliphatic heterocycles. The third-order valence-corrected chi connectivity index (χ3v) is 5.05. The summed E-state index contributed by atoms with van der Waals surface area (Å²) in [6, 6.07) is 14.9. The van der Waals surface area contributed by atoms with Crippen molar-refractivity contribution in [3.05, 3.63) is 64.4 Å². The van der Waals surface area contributed by atoms with Crippen molar-refractivity contribution in [3.63, 3.8) is 0 Å². The molecule has 21 heavy (non-hydrogen) atoms. The summed E-state index contributed by atoms with van der Waals surface area (Å²) in [5.41, 5.74) is 9.13. The monoisotopic (exact) mass is 344 g/mol. The number of benzene rings is 1. The fraction of sp³-hybridized carbons (Fsp3) is 0.389. The second-order valence-electron chi connectivity index (χ2n) is 6.09. The largest absolute Gasteiger partial charge is 0.324 e. The van der Waals surface area contributed by atoms with Crippen molar-refractivity contribution < 1.29 is 0 Å². The van der Waals surface area contributed by atoms with Crippen LogP contribution in [0.15, 0.2) is 53.1 Å². The van der Waals surface area contributed by atoms with Gasteiger partial charge in [0.25, 0.3) is 0 Å². The van der Waals surface area contributed by atoms with Crippen LogP contribution >= 0.6 is 15.9 Å². The first-order valence-corrected chi connectivity index (χ1v) is 8.41. The molecule has 1 fully saturated rings. The van der Waals surface area contributed by atoms with Gasteiger partial charge >= 0.3 is 0 Å². The van der Waals surface area contributed by atoms with Crippen molar-refractivity contribution in [1.82, 2.24) is 4.98 Å². The lowest BCUT2D eigenvalue weighted by atomic mass is 9.68. The first-order chi connectivity index (χ1) is 10.2. The lowest BCUT2D eigenvalue weighted by molar-refractivity contribution is 0.247. The van der Waals surface area contributed by atoms with E-state index in [4.69, 9.17) is 5.73 Å². The SMILES string of the molecule is NC1(Cc2ccc(Br)cn2)CCCCC1c1ccccc1. The Labute approximate surface area is 134 Å². The number of hydrogen-bond acceptors (Lipinski definition) is 2. The molecule has 1 aromatic heterocycles. The van der Waals surface area contributed by atoms with Gasteiger partial charge in [0.15, 0.2) is 0 Å². The Bertz CT molecular complexity index is 582. The first-order valence-electron chi connectivity index (χ1n) is 7.62. The molecule has 3 rings (SSSR count). The molecule has 2 nitrogen and oxygen atoms in total. The highest BCUT2D eigenvalue weighted by atomic mass is 79.9. The van der Waals surface area contributed by atoms with Crippen LogP contribution in [0, 0.1) is 0 Å². The van der Waals surface area contributed by atoms with Crippen LogP contribution < -0.4 is 5.73 Å². The Balaban J connectivity index is 1.86. The molecule has 2 aromatic rings. The summed E-state index contributed by atoms with van der Waals surface area (Å²) in [7, 11) is 0. The average molecular weight is 345 g/mol. The zero-order valence-electron chi connectivity index (χ0n) is 12.1. The lowest BCUT2D eigenvalue weighted by Gasteiger charge is -2.41. The van der Waals surface area contributed by atoms with Crippen molar-refractivity contribution in [2.45, 2.75) is 43.6 Å². The van der Waals surface area contributed by atoms with Crippen LogP contribution in [0.2, 0.25) is 0 Å². The van der Waals surface area contributed by atoms with Crippen molar-refractivity contribution in [2.75, 3.05) is 0 Å². The van der Waals surface area contributed by atoms with Gasteiger partial charge < -0.3 is 5.73 Å². The number of hydrogen-bond donors (Lipinski definition) is 1. The third-order valence-electron chi connectivity index (χ3n) is 4.58. The number of nitrogens with two attached hydrogens (primary N) is 1. The highest BCUT2D eigenvalue weighted by Gasteiger charge is 2.38. The number of pyridine rings is 1. The Morgan fingerprint density at radius 2 is 1.95 bits per heavy atom. The van der Waals surface area contributed by atoms with Gasteiger partial charge in [-0.05, 0) is 46.5 Å². The second-order valence-corrected chi connectivity index (χ2v) is 7.00. The molecule has 3 heteroatoms. The number of nitrogens with zero attached hydrogens (tertiary/aromatic N) is 1. The van der Waals surface area contributed by atoms with E-state index in [0.29, 0.717) is 5.92 Å². The maximum Gasteiger partial charge on any atom is 0.0423 e. The van der Waals surface area contributed by atoms with E-state index in [0.717, 1.165) is 23.0 Å². The topological polar surface area (TPSA) is 38.9 Å². The zero-order chi connectivity index (χ0) is 14.7. The second kappa shape index (κ2) is 6.29. The third kappa shape index (κ3) is 3.35. The summed E-state index contributed by atoms with van der Waals surface area (Å²) in [6.45, 7) is 0. The smallest absolute Gasteiger partial charge is 0.0423 e. The van der Waals surface area contributed by atoms with E-state index < -0.39 is 0 Å². The lowest BCUT2D eigenvalue weighted by Crippen LogP contribution is -2.49. The van der Waals surface area contributed by atoms with Gasteiger partial charge in [0.2, 0.25) is 0 Å². The summed E-state index contributed by atoms with van der Waals surface area (Å²) in [5.74, 6) is 0.429. The van der Waals surface area contributed by atoms with E-state index in [1.165, 1.54) is 24.8 Å². The summed E-state index contributed by atoms with van der Waals surface area (Å²) in [6.07, 6.45) is 7.45. The molecule has 2 atom stereocenters. The highest BCUT2D eigenvalue weighted by Crippen LogP contribution is 2.41. The van der Waals surface area contributed by atoms with Gasteiger partial charge in [0.05, 0.1) is 0 Å². The molecular weight excluding hydrogens is 324 g/mol. The molecular formula is C18H21BrN2. The number of rotatable bonds is 3. The minimum Gasteiger partial charge on any atom is -0.324 e. The molecule has 0 bridgehead atoms. The van der Waals surface area contributed by atoms with Gasteiger partial charge in [0.1, 0.15) is 0 Å². The van der Waals surface area contributed by atoms with Crippen molar-refractivity contribution in [1.29, 1.82) is 0 Å². The van der Waals surface area contributed by atoms with Crippen LogP contribution in [-0.2, 0) is 6.42 Å². The summed E-state index contributed by atoms with van der Waals surface area (Å²) in [4.78, 5) is 4.52. The predicted octanol–water partition coefficient (Wildman–Crippen LogP) is 4.44. The average Bonchev–Trinajstić information content (AvgIpc) is 2.51. The van der Waals surface area contributed by atoms with Crippen LogP contribution in [0.25, 0.3) is 0 Å². The molecule has 1 heterocycles. The van der Waals surface area contributed by atoms with Gasteiger partial charge in [-0.15, -0.1) is 0 Å². The fourth-order valence-electron chi connectivity index (χ4n) is 3.51. The highest BCUT2D eigenvalue weighted by molar-refractivity contribution is 9.10. The molecule has 1 aliphatic carbocycles. The Morgan fingerprint density at radius 3 is 2.67 bits per heavy atom. The normalized spacial score (nSPS) is 25.7. The van der Waals surface area contributed by atoms with E-state index >= 15 is 0 Å². The number of aromatic nitrogens is 1. The standard InChI is InChI=1S/C18H21BrN2/c19-15-9-10-16(21-13-15)12-18(20)11-5-4-8-17(18)14-6-2-1-3-7-14/h1-3,6-7,9-10,13,17H,4-5,8,11-12,20H2. The van der Waals surface area contributed by atoms with Gasteiger partial charge in [0, 0.05) is 34.2 Å². The van der Waals surface area contributed by atoms with Crippen molar-refractivity contribution >= 4 is 15.9 Å². The Kier molecular flexibility index (Phi) is 4.41. The quantitative estimate of drug-likeness (QED) is 0.893. The molecule has 0 amide bonds.